The van der Waals surface area contributed by atoms with E-state index in [0.717, 1.165) is 6.42 Å². The Morgan fingerprint density at radius 3 is 2.50 bits per heavy atom. The fourth-order valence-electron chi connectivity index (χ4n) is 2.50. The molecule has 22 heavy (non-hydrogen) atoms. The van der Waals surface area contributed by atoms with Gasteiger partial charge in [0.05, 0.1) is 18.5 Å². The molecule has 0 aliphatic carbocycles. The third kappa shape index (κ3) is 5.40. The topological polar surface area (TPSA) is 75.7 Å². The van der Waals surface area contributed by atoms with Gasteiger partial charge in [0.15, 0.2) is 11.6 Å². The van der Waals surface area contributed by atoms with Crippen molar-refractivity contribution < 1.29 is 19.1 Å². The van der Waals surface area contributed by atoms with E-state index in [-0.39, 0.29) is 24.0 Å². The third-order valence-corrected chi connectivity index (χ3v) is 3.59. The SMILES string of the molecule is CCN[C@@H](C)C(=O)CC(=O)[C@@H]1CCCN1C(=O)OC(C)(C)C. The smallest absolute Gasteiger partial charge is 0.410 e. The summed E-state index contributed by atoms with van der Waals surface area (Å²) in [7, 11) is 0. The van der Waals surface area contributed by atoms with E-state index in [1.165, 1.54) is 4.90 Å². The Morgan fingerprint density at radius 1 is 1.32 bits per heavy atom. The molecule has 1 heterocycles. The average molecular weight is 312 g/mol. The molecule has 1 rings (SSSR count). The van der Waals surface area contributed by atoms with Crippen molar-refractivity contribution in [3.63, 3.8) is 0 Å². The maximum Gasteiger partial charge on any atom is 0.410 e. The zero-order valence-electron chi connectivity index (χ0n) is 14.3. The van der Waals surface area contributed by atoms with Gasteiger partial charge < -0.3 is 10.1 Å². The molecule has 1 aliphatic rings. The van der Waals surface area contributed by atoms with Crippen LogP contribution in [0, 0.1) is 0 Å². The van der Waals surface area contributed by atoms with Crippen LogP contribution >= 0.6 is 0 Å². The number of carbonyl (C=O) groups is 3. The molecule has 6 heteroatoms. The molecule has 126 valence electrons. The highest BCUT2D eigenvalue weighted by atomic mass is 16.6. The number of Topliss-reactive ketones (excluding diaryl/α,β-unsaturated/α-hetero) is 2. The first-order chi connectivity index (χ1) is 10.2. The summed E-state index contributed by atoms with van der Waals surface area (Å²) in [6.45, 7) is 10.2. The Kier molecular flexibility index (Phi) is 6.53. The van der Waals surface area contributed by atoms with Crippen LogP contribution in [0.4, 0.5) is 4.79 Å². The van der Waals surface area contributed by atoms with Crippen molar-refractivity contribution in [3.05, 3.63) is 0 Å². The van der Waals surface area contributed by atoms with E-state index >= 15 is 0 Å². The first-order valence-corrected chi connectivity index (χ1v) is 7.94. The summed E-state index contributed by atoms with van der Waals surface area (Å²) in [5.41, 5.74) is -0.595. The van der Waals surface area contributed by atoms with Gasteiger partial charge in [-0.2, -0.15) is 0 Å². The van der Waals surface area contributed by atoms with Crippen LogP contribution < -0.4 is 5.32 Å². The van der Waals surface area contributed by atoms with E-state index in [1.807, 2.05) is 6.92 Å². The van der Waals surface area contributed by atoms with E-state index in [9.17, 15) is 14.4 Å². The molecule has 0 saturated carbocycles. The molecule has 1 saturated heterocycles. The molecule has 0 unspecified atom stereocenters. The Hall–Kier alpha value is -1.43. The lowest BCUT2D eigenvalue weighted by molar-refractivity contribution is -0.130. The van der Waals surface area contributed by atoms with Crippen LogP contribution in [0.1, 0.15) is 53.9 Å². The summed E-state index contributed by atoms with van der Waals surface area (Å²) >= 11 is 0. The molecule has 1 N–H and O–H groups in total. The van der Waals surface area contributed by atoms with Crippen LogP contribution in [0.25, 0.3) is 0 Å². The van der Waals surface area contributed by atoms with Crippen molar-refractivity contribution in [1.29, 1.82) is 0 Å². The normalized spacial score (nSPS) is 19.9. The Balaban J connectivity index is 2.64. The van der Waals surface area contributed by atoms with Gasteiger partial charge in [0.25, 0.3) is 0 Å². The molecule has 2 atom stereocenters. The minimum atomic E-state index is -0.595. The lowest BCUT2D eigenvalue weighted by Crippen LogP contribution is -2.45. The molecule has 0 aromatic carbocycles. The number of hydrogen-bond donors (Lipinski definition) is 1. The monoisotopic (exact) mass is 312 g/mol. The molecule has 0 aromatic rings. The summed E-state index contributed by atoms with van der Waals surface area (Å²) in [5, 5.41) is 3.00. The van der Waals surface area contributed by atoms with Crippen molar-refractivity contribution in [2.24, 2.45) is 0 Å². The molecule has 1 aliphatic heterocycles. The molecule has 0 bridgehead atoms. The van der Waals surface area contributed by atoms with Gasteiger partial charge in [-0.05, 0) is 47.1 Å². The first kappa shape index (κ1) is 18.6. The number of hydrogen-bond acceptors (Lipinski definition) is 5. The Bertz CT molecular complexity index is 428. The van der Waals surface area contributed by atoms with Crippen LogP contribution in [0.5, 0.6) is 0 Å². The Morgan fingerprint density at radius 2 is 1.95 bits per heavy atom. The van der Waals surface area contributed by atoms with Gasteiger partial charge in [-0.15, -0.1) is 0 Å². The molecular formula is C16H28N2O4. The van der Waals surface area contributed by atoms with Crippen LogP contribution in [-0.2, 0) is 14.3 Å². The maximum absolute atomic E-state index is 12.3. The van der Waals surface area contributed by atoms with Gasteiger partial charge in [-0.25, -0.2) is 4.79 Å². The highest BCUT2D eigenvalue weighted by molar-refractivity contribution is 6.04. The van der Waals surface area contributed by atoms with Gasteiger partial charge in [0.2, 0.25) is 0 Å². The predicted octanol–water partition coefficient (Wildman–Crippen LogP) is 1.91. The third-order valence-electron chi connectivity index (χ3n) is 3.59. The molecule has 0 spiro atoms. The summed E-state index contributed by atoms with van der Waals surface area (Å²) in [6, 6.07) is -0.877. The van der Waals surface area contributed by atoms with Gasteiger partial charge >= 0.3 is 6.09 Å². The summed E-state index contributed by atoms with van der Waals surface area (Å²) < 4.78 is 5.33. The second kappa shape index (κ2) is 7.72. The van der Waals surface area contributed by atoms with E-state index in [0.29, 0.717) is 19.5 Å². The molecule has 0 aromatic heterocycles. The lowest BCUT2D eigenvalue weighted by Gasteiger charge is -2.28. The summed E-state index contributed by atoms with van der Waals surface area (Å²) in [6.07, 6.45) is 0.738. The van der Waals surface area contributed by atoms with E-state index < -0.39 is 17.7 Å². The molecular weight excluding hydrogens is 284 g/mol. The number of likely N-dealkylation sites (N-methyl/N-ethyl adjacent to an activating group) is 1. The number of nitrogens with zero attached hydrogens (tertiary/aromatic N) is 1. The molecule has 6 nitrogen and oxygen atoms in total. The second-order valence-electron chi connectivity index (χ2n) is 6.72. The highest BCUT2D eigenvalue weighted by Gasteiger charge is 2.37. The number of amides is 1. The van der Waals surface area contributed by atoms with E-state index in [2.05, 4.69) is 5.32 Å². The van der Waals surface area contributed by atoms with Crippen molar-refractivity contribution in [3.8, 4) is 0 Å². The van der Waals surface area contributed by atoms with Crippen molar-refractivity contribution >= 4 is 17.7 Å². The fourth-order valence-corrected chi connectivity index (χ4v) is 2.50. The quantitative estimate of drug-likeness (QED) is 0.758. The fraction of sp³-hybridized carbons (Fsp3) is 0.812. The molecule has 1 fully saturated rings. The number of ether oxygens (including phenoxy) is 1. The molecule has 1 amide bonds. The van der Waals surface area contributed by atoms with Gasteiger partial charge in [0.1, 0.15) is 5.60 Å². The Labute approximate surface area is 132 Å². The largest absolute Gasteiger partial charge is 0.444 e. The van der Waals surface area contributed by atoms with Gasteiger partial charge in [-0.1, -0.05) is 6.92 Å². The van der Waals surface area contributed by atoms with Crippen molar-refractivity contribution in [1.82, 2.24) is 10.2 Å². The standard InChI is InChI=1S/C16H28N2O4/c1-6-17-11(2)13(19)10-14(20)12-8-7-9-18(12)15(21)22-16(3,4)5/h11-12,17H,6-10H2,1-5H3/t11-,12-/m0/s1. The number of likely N-dealkylation sites (tertiary alicyclic amines) is 1. The first-order valence-electron chi connectivity index (χ1n) is 7.94. The number of nitrogens with one attached hydrogen (secondary N) is 1. The van der Waals surface area contributed by atoms with Crippen LogP contribution in [0.2, 0.25) is 0 Å². The second-order valence-corrected chi connectivity index (χ2v) is 6.72. The zero-order valence-corrected chi connectivity index (χ0v) is 14.3. The van der Waals surface area contributed by atoms with Crippen LogP contribution in [0.3, 0.4) is 0 Å². The zero-order chi connectivity index (χ0) is 16.9. The number of ketones is 2. The highest BCUT2D eigenvalue weighted by Crippen LogP contribution is 2.22. The predicted molar refractivity (Wildman–Crippen MR) is 83.7 cm³/mol. The minimum absolute atomic E-state index is 0.136. The number of rotatable bonds is 6. The van der Waals surface area contributed by atoms with Crippen molar-refractivity contribution in [2.75, 3.05) is 13.1 Å². The molecule has 0 radical (unpaired) electrons. The number of carbonyl (C=O) groups excluding carboxylic acids is 3. The lowest BCUT2D eigenvalue weighted by atomic mass is 10.0. The van der Waals surface area contributed by atoms with Gasteiger partial charge in [0, 0.05) is 6.54 Å². The minimum Gasteiger partial charge on any atom is -0.444 e. The van der Waals surface area contributed by atoms with E-state index in [1.54, 1.807) is 27.7 Å². The van der Waals surface area contributed by atoms with E-state index in [4.69, 9.17) is 4.74 Å². The van der Waals surface area contributed by atoms with Crippen molar-refractivity contribution in [2.45, 2.75) is 71.6 Å². The van der Waals surface area contributed by atoms with Crippen LogP contribution in [0.15, 0.2) is 0 Å². The van der Waals surface area contributed by atoms with Gasteiger partial charge in [-0.3, -0.25) is 14.5 Å². The summed E-state index contributed by atoms with van der Waals surface area (Å²) in [5.74, 6) is -0.332. The maximum atomic E-state index is 12.3. The van der Waals surface area contributed by atoms with Crippen LogP contribution in [-0.4, -0.2) is 53.3 Å². The average Bonchev–Trinajstić information content (AvgIpc) is 2.86. The summed E-state index contributed by atoms with van der Waals surface area (Å²) in [4.78, 5) is 37.9.